The Hall–Kier alpha value is -1.37. The minimum absolute atomic E-state index is 0.00759. The lowest BCUT2D eigenvalue weighted by Crippen LogP contribution is -2.49. The van der Waals surface area contributed by atoms with Crippen molar-refractivity contribution in [3.63, 3.8) is 0 Å². The van der Waals surface area contributed by atoms with E-state index >= 15 is 0 Å². The van der Waals surface area contributed by atoms with E-state index in [0.717, 1.165) is 38.3 Å². The minimum Gasteiger partial charge on any atom is -0.299 e. The molecular formula is C16H23N3. The third-order valence-electron chi connectivity index (χ3n) is 3.94. The quantitative estimate of drug-likeness (QED) is 0.829. The van der Waals surface area contributed by atoms with Crippen molar-refractivity contribution in [1.82, 2.24) is 9.80 Å². The molecule has 1 aromatic rings. The Labute approximate surface area is 116 Å². The standard InChI is InChI=1S/C16H23N3/c1-14(2)19-10-8-18(9-11-19)13-16(12-17)15-6-4-3-5-7-15/h3-7,14,16H,8-11,13H2,1-2H3. The first-order chi connectivity index (χ1) is 9.20. The summed E-state index contributed by atoms with van der Waals surface area (Å²) in [4.78, 5) is 4.92. The maximum Gasteiger partial charge on any atom is 0.0839 e. The van der Waals surface area contributed by atoms with Crippen LogP contribution in [0.4, 0.5) is 0 Å². The molecule has 1 aromatic carbocycles. The molecule has 0 aromatic heterocycles. The van der Waals surface area contributed by atoms with Crippen molar-refractivity contribution < 1.29 is 0 Å². The lowest BCUT2D eigenvalue weighted by Gasteiger charge is -2.37. The van der Waals surface area contributed by atoms with Crippen molar-refractivity contribution in [2.75, 3.05) is 32.7 Å². The van der Waals surface area contributed by atoms with E-state index in [1.807, 2.05) is 18.2 Å². The molecule has 0 N–H and O–H groups in total. The van der Waals surface area contributed by atoms with Gasteiger partial charge in [-0.25, -0.2) is 0 Å². The molecule has 2 rings (SSSR count). The number of hydrogen-bond acceptors (Lipinski definition) is 3. The molecule has 1 saturated heterocycles. The summed E-state index contributed by atoms with van der Waals surface area (Å²) in [5, 5.41) is 9.36. The summed E-state index contributed by atoms with van der Waals surface area (Å²) in [6.45, 7) is 9.73. The van der Waals surface area contributed by atoms with Gasteiger partial charge in [-0.1, -0.05) is 30.3 Å². The molecule has 0 spiro atoms. The number of piperazine rings is 1. The maximum absolute atomic E-state index is 9.36. The summed E-state index contributed by atoms with van der Waals surface area (Å²) in [6.07, 6.45) is 0. The third kappa shape index (κ3) is 3.79. The summed E-state index contributed by atoms with van der Waals surface area (Å²) in [7, 11) is 0. The SMILES string of the molecule is CC(C)N1CCN(CC(C#N)c2ccccc2)CC1. The van der Waals surface area contributed by atoms with Crippen LogP contribution in [-0.4, -0.2) is 48.6 Å². The van der Waals surface area contributed by atoms with Crippen molar-refractivity contribution in [1.29, 1.82) is 5.26 Å². The Balaban J connectivity index is 1.89. The Morgan fingerprint density at radius 3 is 2.26 bits per heavy atom. The fourth-order valence-corrected chi connectivity index (χ4v) is 2.63. The highest BCUT2D eigenvalue weighted by molar-refractivity contribution is 5.25. The molecule has 3 heteroatoms. The van der Waals surface area contributed by atoms with E-state index < -0.39 is 0 Å². The first-order valence-electron chi connectivity index (χ1n) is 7.11. The second-order valence-corrected chi connectivity index (χ2v) is 5.52. The first-order valence-corrected chi connectivity index (χ1v) is 7.11. The molecule has 0 bridgehead atoms. The Bertz CT molecular complexity index is 413. The molecule has 0 amide bonds. The van der Waals surface area contributed by atoms with Gasteiger partial charge in [0.15, 0.2) is 0 Å². The van der Waals surface area contributed by atoms with Gasteiger partial charge in [0.2, 0.25) is 0 Å². The molecule has 1 aliphatic rings. The van der Waals surface area contributed by atoms with Crippen LogP contribution in [0.2, 0.25) is 0 Å². The zero-order valence-corrected chi connectivity index (χ0v) is 11.9. The zero-order valence-electron chi connectivity index (χ0n) is 11.9. The Kier molecular flexibility index (Phi) is 4.95. The predicted molar refractivity (Wildman–Crippen MR) is 77.9 cm³/mol. The van der Waals surface area contributed by atoms with Crippen molar-refractivity contribution >= 4 is 0 Å². The van der Waals surface area contributed by atoms with E-state index in [-0.39, 0.29) is 5.92 Å². The molecule has 102 valence electrons. The summed E-state index contributed by atoms with van der Waals surface area (Å²) in [6, 6.07) is 13.2. The van der Waals surface area contributed by atoms with Crippen LogP contribution < -0.4 is 0 Å². The van der Waals surface area contributed by atoms with E-state index in [0.29, 0.717) is 6.04 Å². The number of nitrogens with zero attached hydrogens (tertiary/aromatic N) is 3. The topological polar surface area (TPSA) is 30.3 Å². The summed E-state index contributed by atoms with van der Waals surface area (Å²) in [5.41, 5.74) is 1.14. The van der Waals surface area contributed by atoms with Gasteiger partial charge in [-0.15, -0.1) is 0 Å². The molecule has 1 atom stereocenters. The predicted octanol–water partition coefficient (Wildman–Crippen LogP) is 2.32. The van der Waals surface area contributed by atoms with Crippen molar-refractivity contribution in [2.45, 2.75) is 25.8 Å². The number of rotatable bonds is 4. The van der Waals surface area contributed by atoms with E-state index in [1.165, 1.54) is 0 Å². The van der Waals surface area contributed by atoms with Gasteiger partial charge in [0.25, 0.3) is 0 Å². The van der Waals surface area contributed by atoms with Gasteiger partial charge >= 0.3 is 0 Å². The average molecular weight is 257 g/mol. The van der Waals surface area contributed by atoms with E-state index in [2.05, 4.69) is 41.8 Å². The maximum atomic E-state index is 9.36. The van der Waals surface area contributed by atoms with Crippen molar-refractivity contribution in [3.05, 3.63) is 35.9 Å². The van der Waals surface area contributed by atoms with Crippen LogP contribution in [0.1, 0.15) is 25.3 Å². The highest BCUT2D eigenvalue weighted by Crippen LogP contribution is 2.17. The molecule has 19 heavy (non-hydrogen) atoms. The molecule has 1 unspecified atom stereocenters. The third-order valence-corrected chi connectivity index (χ3v) is 3.94. The summed E-state index contributed by atoms with van der Waals surface area (Å²) < 4.78 is 0. The van der Waals surface area contributed by atoms with Gasteiger partial charge in [0, 0.05) is 38.8 Å². The van der Waals surface area contributed by atoms with Crippen LogP contribution in [0.25, 0.3) is 0 Å². The highest BCUT2D eigenvalue weighted by atomic mass is 15.3. The molecule has 1 fully saturated rings. The highest BCUT2D eigenvalue weighted by Gasteiger charge is 2.21. The number of benzene rings is 1. The van der Waals surface area contributed by atoms with E-state index in [1.54, 1.807) is 0 Å². The molecular weight excluding hydrogens is 234 g/mol. The van der Waals surface area contributed by atoms with Crippen molar-refractivity contribution in [3.8, 4) is 6.07 Å². The molecule has 0 aliphatic carbocycles. The van der Waals surface area contributed by atoms with Gasteiger partial charge in [0.1, 0.15) is 0 Å². The van der Waals surface area contributed by atoms with Crippen LogP contribution >= 0.6 is 0 Å². The Morgan fingerprint density at radius 2 is 1.74 bits per heavy atom. The fraction of sp³-hybridized carbons (Fsp3) is 0.562. The lowest BCUT2D eigenvalue weighted by molar-refractivity contribution is 0.107. The second kappa shape index (κ2) is 6.70. The smallest absolute Gasteiger partial charge is 0.0839 e. The first kappa shape index (κ1) is 14.0. The second-order valence-electron chi connectivity index (χ2n) is 5.52. The molecule has 3 nitrogen and oxygen atoms in total. The van der Waals surface area contributed by atoms with E-state index in [9.17, 15) is 5.26 Å². The van der Waals surface area contributed by atoms with Crippen LogP contribution in [0.3, 0.4) is 0 Å². The van der Waals surface area contributed by atoms with Crippen molar-refractivity contribution in [2.24, 2.45) is 0 Å². The monoisotopic (exact) mass is 257 g/mol. The molecule has 0 radical (unpaired) electrons. The molecule has 1 aliphatic heterocycles. The minimum atomic E-state index is -0.00759. The Morgan fingerprint density at radius 1 is 1.11 bits per heavy atom. The number of hydrogen-bond donors (Lipinski definition) is 0. The fourth-order valence-electron chi connectivity index (χ4n) is 2.63. The normalized spacial score (nSPS) is 19.3. The van der Waals surface area contributed by atoms with E-state index in [4.69, 9.17) is 0 Å². The van der Waals surface area contributed by atoms with Gasteiger partial charge < -0.3 is 0 Å². The van der Waals surface area contributed by atoms with Crippen LogP contribution in [0.15, 0.2) is 30.3 Å². The van der Waals surface area contributed by atoms with Gasteiger partial charge in [-0.05, 0) is 19.4 Å². The number of nitriles is 1. The van der Waals surface area contributed by atoms with Gasteiger partial charge in [-0.3, -0.25) is 9.80 Å². The summed E-state index contributed by atoms with van der Waals surface area (Å²) in [5.74, 6) is -0.00759. The lowest BCUT2D eigenvalue weighted by atomic mass is 10.00. The van der Waals surface area contributed by atoms with Crippen LogP contribution in [-0.2, 0) is 0 Å². The largest absolute Gasteiger partial charge is 0.299 e. The molecule has 0 saturated carbocycles. The van der Waals surface area contributed by atoms with Gasteiger partial charge in [-0.2, -0.15) is 5.26 Å². The summed E-state index contributed by atoms with van der Waals surface area (Å²) >= 11 is 0. The van der Waals surface area contributed by atoms with Crippen LogP contribution in [0, 0.1) is 11.3 Å². The average Bonchev–Trinajstić information content (AvgIpc) is 2.46. The zero-order chi connectivity index (χ0) is 13.7. The van der Waals surface area contributed by atoms with Crippen LogP contribution in [0.5, 0.6) is 0 Å². The van der Waals surface area contributed by atoms with Gasteiger partial charge in [0.05, 0.1) is 12.0 Å². The molecule has 1 heterocycles.